The molecule has 10 heteroatoms. The minimum Gasteiger partial charge on any atom is -0.497 e. The molecule has 0 spiro atoms. The van der Waals surface area contributed by atoms with Crippen LogP contribution in [0.25, 0.3) is 17.0 Å². The number of anilines is 1. The summed E-state index contributed by atoms with van der Waals surface area (Å²) in [6.45, 7) is 0.415. The molecule has 1 N–H and O–H groups in total. The van der Waals surface area contributed by atoms with E-state index in [0.717, 1.165) is 21.4 Å². The molecule has 0 aliphatic carbocycles. The summed E-state index contributed by atoms with van der Waals surface area (Å²) >= 11 is 0. The first-order valence-electron chi connectivity index (χ1n) is 11.2. The second-order valence-electron chi connectivity index (χ2n) is 8.31. The van der Waals surface area contributed by atoms with Gasteiger partial charge in [0.05, 0.1) is 17.7 Å². The third-order valence-corrected chi connectivity index (χ3v) is 6.05. The molecule has 0 bridgehead atoms. The Morgan fingerprint density at radius 1 is 0.973 bits per heavy atom. The van der Waals surface area contributed by atoms with Gasteiger partial charge in [-0.2, -0.15) is 0 Å². The third kappa shape index (κ3) is 4.43. The quantitative estimate of drug-likeness (QED) is 0.184. The molecular weight excluding hydrogens is 476 g/mol. The third-order valence-electron chi connectivity index (χ3n) is 6.05. The van der Waals surface area contributed by atoms with E-state index in [1.165, 1.54) is 25.3 Å². The maximum atomic E-state index is 13.3. The molecule has 1 aliphatic rings. The van der Waals surface area contributed by atoms with Crippen LogP contribution in [0.1, 0.15) is 11.1 Å². The Kier molecular flexibility index (Phi) is 5.98. The minimum atomic E-state index is -0.835. The van der Waals surface area contributed by atoms with Gasteiger partial charge in [-0.3, -0.25) is 25.0 Å². The molecule has 4 amide bonds. The van der Waals surface area contributed by atoms with Crippen molar-refractivity contribution in [2.24, 2.45) is 0 Å². The van der Waals surface area contributed by atoms with E-state index in [0.29, 0.717) is 23.5 Å². The highest BCUT2D eigenvalue weighted by molar-refractivity contribution is 6.39. The molecule has 4 aromatic rings. The standard InChI is InChI=1S/C27H20N4O6/c1-37-21-12-10-19(11-13-21)30-26(33)23(25(32)28-27(30)34)14-18-16-29(24-5-3-2-4-22(18)24)15-17-6-8-20(9-7-17)31(35)36/h2-14,16H,15H2,1H3,(H,28,32,34). The Balaban J connectivity index is 1.52. The van der Waals surface area contributed by atoms with E-state index >= 15 is 0 Å². The van der Waals surface area contributed by atoms with E-state index in [1.54, 1.807) is 42.6 Å². The lowest BCUT2D eigenvalue weighted by atomic mass is 10.1. The Labute approximate surface area is 210 Å². The van der Waals surface area contributed by atoms with Gasteiger partial charge in [0.2, 0.25) is 0 Å². The molecule has 184 valence electrons. The summed E-state index contributed by atoms with van der Waals surface area (Å²) in [4.78, 5) is 49.9. The lowest BCUT2D eigenvalue weighted by molar-refractivity contribution is -0.384. The summed E-state index contributed by atoms with van der Waals surface area (Å²) in [5, 5.41) is 14.0. The van der Waals surface area contributed by atoms with E-state index in [-0.39, 0.29) is 11.3 Å². The van der Waals surface area contributed by atoms with Gasteiger partial charge < -0.3 is 9.30 Å². The molecule has 0 radical (unpaired) electrons. The zero-order chi connectivity index (χ0) is 26.1. The van der Waals surface area contributed by atoms with Crippen LogP contribution in [0.5, 0.6) is 5.75 Å². The lowest BCUT2D eigenvalue weighted by Crippen LogP contribution is -2.54. The van der Waals surface area contributed by atoms with Crippen molar-refractivity contribution in [1.29, 1.82) is 0 Å². The SMILES string of the molecule is COc1ccc(N2C(=O)NC(=O)C(=Cc3cn(Cc4ccc([N+](=O)[O-])cc4)c4ccccc34)C2=O)cc1. The van der Waals surface area contributed by atoms with Gasteiger partial charge in [0, 0.05) is 41.3 Å². The van der Waals surface area contributed by atoms with Crippen LogP contribution >= 0.6 is 0 Å². The number of para-hydroxylation sites is 1. The van der Waals surface area contributed by atoms with Crippen LogP contribution < -0.4 is 15.0 Å². The number of nitrogens with one attached hydrogen (secondary N) is 1. The monoisotopic (exact) mass is 496 g/mol. The first-order valence-corrected chi connectivity index (χ1v) is 11.2. The number of hydrogen-bond acceptors (Lipinski definition) is 6. The summed E-state index contributed by atoms with van der Waals surface area (Å²) in [6.07, 6.45) is 3.27. The van der Waals surface area contributed by atoms with Gasteiger partial charge in [-0.25, -0.2) is 9.69 Å². The van der Waals surface area contributed by atoms with Crippen LogP contribution in [0.15, 0.2) is 84.6 Å². The number of amides is 4. The van der Waals surface area contributed by atoms with Crippen LogP contribution in [0, 0.1) is 10.1 Å². The minimum absolute atomic E-state index is 0.00400. The van der Waals surface area contributed by atoms with E-state index < -0.39 is 22.8 Å². The number of barbiturate groups is 1. The number of aromatic nitrogens is 1. The number of rotatable bonds is 6. The number of methoxy groups -OCH3 is 1. The van der Waals surface area contributed by atoms with E-state index in [2.05, 4.69) is 5.32 Å². The summed E-state index contributed by atoms with van der Waals surface area (Å²) in [5.41, 5.74) is 2.41. The zero-order valence-corrected chi connectivity index (χ0v) is 19.6. The fourth-order valence-corrected chi connectivity index (χ4v) is 4.22. The van der Waals surface area contributed by atoms with E-state index in [9.17, 15) is 24.5 Å². The number of urea groups is 1. The fourth-order valence-electron chi connectivity index (χ4n) is 4.22. The molecule has 5 rings (SSSR count). The molecule has 10 nitrogen and oxygen atoms in total. The molecule has 1 aromatic heterocycles. The maximum Gasteiger partial charge on any atom is 0.335 e. The topological polar surface area (TPSA) is 124 Å². The number of carbonyl (C=O) groups is 3. The molecule has 1 aliphatic heterocycles. The Morgan fingerprint density at radius 3 is 2.35 bits per heavy atom. The Bertz CT molecular complexity index is 1590. The van der Waals surface area contributed by atoms with Crippen molar-refractivity contribution in [3.05, 3.63) is 106 Å². The molecule has 0 saturated carbocycles. The average molecular weight is 496 g/mol. The molecule has 2 heterocycles. The van der Waals surface area contributed by atoms with Crippen LogP contribution in [-0.2, 0) is 16.1 Å². The second kappa shape index (κ2) is 9.42. The van der Waals surface area contributed by atoms with Crippen molar-refractivity contribution < 1.29 is 24.0 Å². The highest BCUT2D eigenvalue weighted by Crippen LogP contribution is 2.28. The number of hydrogen-bond donors (Lipinski definition) is 1. The van der Waals surface area contributed by atoms with Gasteiger partial charge in [-0.1, -0.05) is 30.3 Å². The molecule has 1 fully saturated rings. The van der Waals surface area contributed by atoms with E-state index in [1.807, 2.05) is 28.8 Å². The summed E-state index contributed by atoms with van der Waals surface area (Å²) in [7, 11) is 1.51. The molecule has 1 saturated heterocycles. The number of carbonyl (C=O) groups excluding carboxylic acids is 3. The number of nitro benzene ring substituents is 1. The van der Waals surface area contributed by atoms with Crippen LogP contribution in [0.3, 0.4) is 0 Å². The predicted molar refractivity (Wildman–Crippen MR) is 136 cm³/mol. The number of benzene rings is 3. The first-order chi connectivity index (χ1) is 17.9. The van der Waals surface area contributed by atoms with Gasteiger partial charge >= 0.3 is 6.03 Å². The van der Waals surface area contributed by atoms with Crippen molar-refractivity contribution in [3.63, 3.8) is 0 Å². The number of ether oxygens (including phenoxy) is 1. The normalized spacial score (nSPS) is 14.8. The Morgan fingerprint density at radius 2 is 1.68 bits per heavy atom. The summed E-state index contributed by atoms with van der Waals surface area (Å²) in [6, 6.07) is 19.2. The number of imide groups is 2. The van der Waals surface area contributed by atoms with Gasteiger partial charge in [0.15, 0.2) is 0 Å². The molecular formula is C27H20N4O6. The van der Waals surface area contributed by atoms with Gasteiger partial charge in [-0.15, -0.1) is 0 Å². The van der Waals surface area contributed by atoms with Crippen LogP contribution in [-0.4, -0.2) is 34.4 Å². The average Bonchev–Trinajstić information content (AvgIpc) is 3.24. The Hall–Kier alpha value is -5.25. The lowest BCUT2D eigenvalue weighted by Gasteiger charge is -2.26. The zero-order valence-electron chi connectivity index (χ0n) is 19.6. The number of non-ortho nitro benzene ring substituents is 1. The van der Waals surface area contributed by atoms with Gasteiger partial charge in [0.1, 0.15) is 11.3 Å². The van der Waals surface area contributed by atoms with Crippen molar-refractivity contribution >= 4 is 46.2 Å². The van der Waals surface area contributed by atoms with Crippen molar-refractivity contribution in [2.45, 2.75) is 6.54 Å². The highest BCUT2D eigenvalue weighted by atomic mass is 16.6. The molecule has 37 heavy (non-hydrogen) atoms. The molecule has 3 aromatic carbocycles. The van der Waals surface area contributed by atoms with Crippen molar-refractivity contribution in [1.82, 2.24) is 9.88 Å². The van der Waals surface area contributed by atoms with Crippen molar-refractivity contribution in [2.75, 3.05) is 12.0 Å². The van der Waals surface area contributed by atoms with Gasteiger partial charge in [-0.05, 0) is 42.0 Å². The highest BCUT2D eigenvalue weighted by Gasteiger charge is 2.37. The smallest absolute Gasteiger partial charge is 0.335 e. The summed E-state index contributed by atoms with van der Waals surface area (Å²) in [5.74, 6) is -0.973. The van der Waals surface area contributed by atoms with Crippen LogP contribution in [0.2, 0.25) is 0 Å². The largest absolute Gasteiger partial charge is 0.497 e. The second-order valence-corrected chi connectivity index (χ2v) is 8.31. The van der Waals surface area contributed by atoms with Crippen molar-refractivity contribution in [3.8, 4) is 5.75 Å². The first kappa shape index (κ1) is 23.5. The molecule has 0 atom stereocenters. The van der Waals surface area contributed by atoms with E-state index in [4.69, 9.17) is 4.74 Å². The maximum absolute atomic E-state index is 13.3. The predicted octanol–water partition coefficient (Wildman–Crippen LogP) is 4.27. The van der Waals surface area contributed by atoms with Gasteiger partial charge in [0.25, 0.3) is 17.5 Å². The number of fused-ring (bicyclic) bond motifs is 1. The number of nitro groups is 1. The van der Waals surface area contributed by atoms with Crippen LogP contribution in [0.4, 0.5) is 16.2 Å². The summed E-state index contributed by atoms with van der Waals surface area (Å²) < 4.78 is 7.06. The fraction of sp³-hybridized carbons (Fsp3) is 0.0741. The number of nitrogens with zero attached hydrogens (tertiary/aromatic N) is 3. The molecule has 0 unspecified atom stereocenters.